The van der Waals surface area contributed by atoms with Gasteiger partial charge in [0.05, 0.1) is 7.11 Å². The van der Waals surface area contributed by atoms with Gasteiger partial charge in [0.25, 0.3) is 0 Å². The molecule has 3 N–H and O–H groups in total. The van der Waals surface area contributed by atoms with E-state index in [0.717, 1.165) is 11.3 Å². The fourth-order valence-corrected chi connectivity index (χ4v) is 2.15. The maximum absolute atomic E-state index is 12.9. The lowest BCUT2D eigenvalue weighted by Crippen LogP contribution is -2.06. The van der Waals surface area contributed by atoms with Crippen LogP contribution in [0.4, 0.5) is 15.9 Å². The van der Waals surface area contributed by atoms with Crippen LogP contribution in [0, 0.1) is 5.82 Å². The Morgan fingerprint density at radius 1 is 1.00 bits per heavy atom. The molecule has 0 fully saturated rings. The lowest BCUT2D eigenvalue weighted by molar-refractivity contribution is 0.412. The highest BCUT2D eigenvalue weighted by Crippen LogP contribution is 2.30. The molecule has 128 valence electrons. The first-order chi connectivity index (χ1) is 12.2. The zero-order chi connectivity index (χ0) is 17.6. The summed E-state index contributed by atoms with van der Waals surface area (Å²) in [6, 6.07) is 13.2. The lowest BCUT2D eigenvalue weighted by atomic mass is 10.2. The molecule has 0 aliphatic carbocycles. The first kappa shape index (κ1) is 16.5. The molecule has 3 aromatic rings. The number of aromatic nitrogens is 2. The van der Waals surface area contributed by atoms with Crippen LogP contribution in [0.5, 0.6) is 17.4 Å². The van der Waals surface area contributed by atoms with Crippen molar-refractivity contribution in [3.05, 3.63) is 66.2 Å². The summed E-state index contributed by atoms with van der Waals surface area (Å²) in [7, 11) is 1.59. The summed E-state index contributed by atoms with van der Waals surface area (Å²) < 4.78 is 23.7. The van der Waals surface area contributed by atoms with Gasteiger partial charge in [-0.1, -0.05) is 12.1 Å². The molecule has 0 radical (unpaired) electrons. The highest BCUT2D eigenvalue weighted by atomic mass is 19.1. The molecule has 7 heteroatoms. The number of hydrogen-bond donors (Lipinski definition) is 2. The van der Waals surface area contributed by atoms with E-state index in [9.17, 15) is 4.39 Å². The van der Waals surface area contributed by atoms with Gasteiger partial charge in [-0.15, -0.1) is 0 Å². The summed E-state index contributed by atoms with van der Waals surface area (Å²) >= 11 is 0. The summed E-state index contributed by atoms with van der Waals surface area (Å²) in [5, 5.41) is 3.09. The van der Waals surface area contributed by atoms with Gasteiger partial charge in [-0.05, 0) is 42.0 Å². The summed E-state index contributed by atoms with van der Waals surface area (Å²) in [5.41, 5.74) is 7.27. The molecular weight excluding hydrogens is 323 g/mol. The maximum Gasteiger partial charge on any atom is 0.248 e. The highest BCUT2D eigenvalue weighted by Gasteiger charge is 2.10. The number of halogens is 1. The largest absolute Gasteiger partial charge is 0.497 e. The van der Waals surface area contributed by atoms with Crippen molar-refractivity contribution in [2.24, 2.45) is 0 Å². The molecule has 6 nitrogen and oxygen atoms in total. The molecule has 1 aromatic heterocycles. The molecule has 0 bridgehead atoms. The fourth-order valence-electron chi connectivity index (χ4n) is 2.15. The normalized spacial score (nSPS) is 10.3. The van der Waals surface area contributed by atoms with Gasteiger partial charge in [-0.2, -0.15) is 4.98 Å². The van der Waals surface area contributed by atoms with Crippen molar-refractivity contribution in [2.75, 3.05) is 18.2 Å². The maximum atomic E-state index is 12.9. The van der Waals surface area contributed by atoms with Crippen LogP contribution < -0.4 is 20.5 Å². The van der Waals surface area contributed by atoms with Crippen molar-refractivity contribution in [1.82, 2.24) is 9.97 Å². The van der Waals surface area contributed by atoms with Crippen LogP contribution in [0.25, 0.3) is 0 Å². The zero-order valence-corrected chi connectivity index (χ0v) is 13.6. The SMILES string of the molecule is COc1ccc(Oc2ncnc(NCc3ccc(F)cc3)c2N)cc1. The first-order valence-electron chi connectivity index (χ1n) is 7.56. The number of ether oxygens (including phenoxy) is 2. The zero-order valence-electron chi connectivity index (χ0n) is 13.6. The third kappa shape index (κ3) is 4.14. The number of rotatable bonds is 6. The molecule has 0 amide bonds. The Morgan fingerprint density at radius 3 is 2.36 bits per heavy atom. The summed E-state index contributed by atoms with van der Waals surface area (Å²) in [6.45, 7) is 0.448. The third-order valence-corrected chi connectivity index (χ3v) is 3.49. The molecule has 0 unspecified atom stereocenters. The molecule has 25 heavy (non-hydrogen) atoms. The number of anilines is 2. The molecule has 0 aliphatic rings. The molecule has 0 saturated heterocycles. The van der Waals surface area contributed by atoms with E-state index in [1.54, 1.807) is 43.5 Å². The van der Waals surface area contributed by atoms with E-state index >= 15 is 0 Å². The summed E-state index contributed by atoms with van der Waals surface area (Å²) in [6.07, 6.45) is 1.36. The van der Waals surface area contributed by atoms with Gasteiger partial charge in [0.1, 0.15) is 29.3 Å². The van der Waals surface area contributed by atoms with E-state index in [4.69, 9.17) is 15.2 Å². The smallest absolute Gasteiger partial charge is 0.248 e. The third-order valence-electron chi connectivity index (χ3n) is 3.49. The van der Waals surface area contributed by atoms with Crippen molar-refractivity contribution < 1.29 is 13.9 Å². The van der Waals surface area contributed by atoms with Crippen molar-refractivity contribution in [3.63, 3.8) is 0 Å². The number of nitrogens with two attached hydrogens (primary N) is 1. The van der Waals surface area contributed by atoms with Gasteiger partial charge < -0.3 is 20.5 Å². The Balaban J connectivity index is 1.71. The van der Waals surface area contributed by atoms with E-state index < -0.39 is 0 Å². The second-order valence-electron chi connectivity index (χ2n) is 5.20. The Kier molecular flexibility index (Phi) is 4.94. The molecular formula is C18H17FN4O2. The van der Waals surface area contributed by atoms with Crippen molar-refractivity contribution in [1.29, 1.82) is 0 Å². The molecule has 0 saturated carbocycles. The van der Waals surface area contributed by atoms with Crippen LogP contribution in [0.3, 0.4) is 0 Å². The minimum absolute atomic E-state index is 0.252. The average Bonchev–Trinajstić information content (AvgIpc) is 2.64. The van der Waals surface area contributed by atoms with Gasteiger partial charge in [0.15, 0.2) is 5.82 Å². The molecule has 0 aliphatic heterocycles. The van der Waals surface area contributed by atoms with E-state index in [2.05, 4.69) is 15.3 Å². The Hall–Kier alpha value is -3.35. The van der Waals surface area contributed by atoms with Gasteiger partial charge in [-0.25, -0.2) is 9.37 Å². The number of hydrogen-bond acceptors (Lipinski definition) is 6. The lowest BCUT2D eigenvalue weighted by Gasteiger charge is -2.12. The Morgan fingerprint density at radius 2 is 1.68 bits per heavy atom. The number of nitrogens with zero attached hydrogens (tertiary/aromatic N) is 2. The van der Waals surface area contributed by atoms with Crippen LogP contribution in [0.2, 0.25) is 0 Å². The van der Waals surface area contributed by atoms with Crippen LogP contribution in [0.1, 0.15) is 5.56 Å². The van der Waals surface area contributed by atoms with Crippen LogP contribution >= 0.6 is 0 Å². The second-order valence-corrected chi connectivity index (χ2v) is 5.20. The Bertz CT molecular complexity index is 839. The monoisotopic (exact) mass is 340 g/mol. The molecule has 0 atom stereocenters. The molecule has 0 spiro atoms. The minimum atomic E-state index is -0.277. The van der Waals surface area contributed by atoms with E-state index in [0.29, 0.717) is 23.8 Å². The number of nitrogen functional groups attached to an aromatic ring is 1. The van der Waals surface area contributed by atoms with Crippen LogP contribution in [0.15, 0.2) is 54.9 Å². The predicted octanol–water partition coefficient (Wildman–Crippen LogP) is 3.61. The number of benzene rings is 2. The highest BCUT2D eigenvalue weighted by molar-refractivity contribution is 5.67. The quantitative estimate of drug-likeness (QED) is 0.713. The molecule has 3 rings (SSSR count). The van der Waals surface area contributed by atoms with Crippen molar-refractivity contribution in [3.8, 4) is 17.4 Å². The predicted molar refractivity (Wildman–Crippen MR) is 93.2 cm³/mol. The summed E-state index contributed by atoms with van der Waals surface area (Å²) in [4.78, 5) is 8.18. The van der Waals surface area contributed by atoms with Gasteiger partial charge in [0, 0.05) is 6.54 Å². The molecule has 2 aromatic carbocycles. The van der Waals surface area contributed by atoms with Crippen LogP contribution in [-0.2, 0) is 6.54 Å². The van der Waals surface area contributed by atoms with E-state index in [1.165, 1.54) is 18.5 Å². The standard InChI is InChI=1S/C18H17FN4O2/c1-24-14-6-8-15(9-7-14)25-18-16(20)17(22-11-23-18)21-10-12-2-4-13(19)5-3-12/h2-9,11H,10,20H2,1H3,(H,21,22,23). The number of nitrogens with one attached hydrogen (secondary N) is 1. The minimum Gasteiger partial charge on any atom is -0.497 e. The van der Waals surface area contributed by atoms with Gasteiger partial charge >= 0.3 is 0 Å². The molecule has 1 heterocycles. The van der Waals surface area contributed by atoms with E-state index in [1.807, 2.05) is 0 Å². The fraction of sp³-hybridized carbons (Fsp3) is 0.111. The topological polar surface area (TPSA) is 82.3 Å². The number of methoxy groups -OCH3 is 1. The van der Waals surface area contributed by atoms with Gasteiger partial charge in [0.2, 0.25) is 5.88 Å². The van der Waals surface area contributed by atoms with Crippen LogP contribution in [-0.4, -0.2) is 17.1 Å². The first-order valence-corrected chi connectivity index (χ1v) is 7.56. The van der Waals surface area contributed by atoms with Crippen molar-refractivity contribution >= 4 is 11.5 Å². The van der Waals surface area contributed by atoms with Crippen molar-refractivity contribution in [2.45, 2.75) is 6.54 Å². The Labute approximate surface area is 144 Å². The average molecular weight is 340 g/mol. The van der Waals surface area contributed by atoms with E-state index in [-0.39, 0.29) is 11.7 Å². The second kappa shape index (κ2) is 7.48. The summed E-state index contributed by atoms with van der Waals surface area (Å²) in [5.74, 6) is 1.73. The van der Waals surface area contributed by atoms with Gasteiger partial charge in [-0.3, -0.25) is 0 Å².